The number of sulfone groups is 1. The van der Waals surface area contributed by atoms with Gasteiger partial charge in [0.25, 0.3) is 0 Å². The Morgan fingerprint density at radius 2 is 1.61 bits per heavy atom. The van der Waals surface area contributed by atoms with E-state index in [1.165, 1.54) is 6.42 Å². The minimum absolute atomic E-state index is 0.0932. The largest absolute Gasteiger partial charge is 0.350 e. The first-order valence-corrected chi connectivity index (χ1v) is 14.9. The van der Waals surface area contributed by atoms with Crippen LogP contribution in [0.1, 0.15) is 97.3 Å². The maximum Gasteiger partial charge on any atom is 0.226 e. The van der Waals surface area contributed by atoms with E-state index in [-0.39, 0.29) is 41.1 Å². The molecule has 8 heteroatoms. The van der Waals surface area contributed by atoms with Crippen LogP contribution in [0.2, 0.25) is 0 Å². The van der Waals surface area contributed by atoms with Crippen molar-refractivity contribution in [2.24, 2.45) is 11.8 Å². The van der Waals surface area contributed by atoms with Gasteiger partial charge in [0, 0.05) is 30.7 Å². The Hall–Kier alpha value is -1.18. The number of alkyl halides is 1. The van der Waals surface area contributed by atoms with Gasteiger partial charge in [0.15, 0.2) is 9.84 Å². The molecule has 0 bridgehead atoms. The van der Waals surface area contributed by atoms with E-state index in [9.17, 15) is 22.4 Å². The summed E-state index contributed by atoms with van der Waals surface area (Å²) in [7, 11) is -3.01. The summed E-state index contributed by atoms with van der Waals surface area (Å²) < 4.78 is 39.1. The van der Waals surface area contributed by atoms with Crippen LogP contribution in [0.25, 0.3) is 0 Å². The van der Waals surface area contributed by atoms with E-state index in [4.69, 9.17) is 0 Å². The zero-order valence-corrected chi connectivity index (χ0v) is 21.3. The van der Waals surface area contributed by atoms with Crippen LogP contribution in [0.3, 0.4) is 0 Å². The standard InChI is InChI=1S/C25H43FN2O4S/c1-3-28(20-8-6-5-7-9-20)25(30)19-12-15-23(22(26)17-19)27-24(29)16-18-10-13-21(14-11-18)33(31,32)4-2/h18-23H,3-17H2,1-2H3,(H,27,29). The van der Waals surface area contributed by atoms with Gasteiger partial charge in [-0.2, -0.15) is 0 Å². The summed E-state index contributed by atoms with van der Waals surface area (Å²) in [6, 6.07) is -0.225. The molecule has 3 atom stereocenters. The van der Waals surface area contributed by atoms with Crippen LogP contribution < -0.4 is 5.32 Å². The molecule has 3 unspecified atom stereocenters. The van der Waals surface area contributed by atoms with Crippen molar-refractivity contribution >= 4 is 21.7 Å². The van der Waals surface area contributed by atoms with Crippen LogP contribution in [0.15, 0.2) is 0 Å². The molecule has 3 aliphatic carbocycles. The minimum Gasteiger partial charge on any atom is -0.350 e. The molecule has 3 fully saturated rings. The van der Waals surface area contributed by atoms with Crippen molar-refractivity contribution in [3.63, 3.8) is 0 Å². The molecule has 2 amide bonds. The summed E-state index contributed by atoms with van der Waals surface area (Å²) in [5.41, 5.74) is 0. The Morgan fingerprint density at radius 3 is 2.18 bits per heavy atom. The van der Waals surface area contributed by atoms with E-state index >= 15 is 0 Å². The zero-order chi connectivity index (χ0) is 24.0. The topological polar surface area (TPSA) is 83.6 Å². The van der Waals surface area contributed by atoms with Gasteiger partial charge in [-0.05, 0) is 70.6 Å². The highest BCUT2D eigenvalue weighted by Gasteiger charge is 2.38. The number of hydrogen-bond acceptors (Lipinski definition) is 4. The van der Waals surface area contributed by atoms with Gasteiger partial charge in [0.1, 0.15) is 6.17 Å². The number of rotatable bonds is 8. The number of halogens is 1. The molecule has 0 aliphatic heterocycles. The van der Waals surface area contributed by atoms with Gasteiger partial charge < -0.3 is 10.2 Å². The fraction of sp³-hybridized carbons (Fsp3) is 0.920. The number of amides is 2. The quantitative estimate of drug-likeness (QED) is 0.558. The fourth-order valence-electron chi connectivity index (χ4n) is 6.18. The van der Waals surface area contributed by atoms with Gasteiger partial charge in [0.2, 0.25) is 11.8 Å². The molecular formula is C25H43FN2O4S. The van der Waals surface area contributed by atoms with Crippen molar-refractivity contribution in [2.75, 3.05) is 12.3 Å². The second kappa shape index (κ2) is 12.0. The third-order valence-corrected chi connectivity index (χ3v) is 10.6. The van der Waals surface area contributed by atoms with Gasteiger partial charge in [-0.15, -0.1) is 0 Å². The second-order valence-corrected chi connectivity index (χ2v) is 13.0. The zero-order valence-electron chi connectivity index (χ0n) is 20.4. The summed E-state index contributed by atoms with van der Waals surface area (Å²) in [5.74, 6) is -0.00585. The van der Waals surface area contributed by atoms with E-state index in [1.807, 2.05) is 11.8 Å². The molecule has 0 aromatic rings. The molecule has 0 heterocycles. The molecule has 0 aromatic heterocycles. The lowest BCUT2D eigenvalue weighted by Crippen LogP contribution is -2.50. The molecule has 6 nitrogen and oxygen atoms in total. The van der Waals surface area contributed by atoms with Gasteiger partial charge in [0.05, 0.1) is 11.3 Å². The molecule has 3 rings (SSSR count). The second-order valence-electron chi connectivity index (χ2n) is 10.4. The van der Waals surface area contributed by atoms with E-state index in [2.05, 4.69) is 5.32 Å². The number of hydrogen-bond donors (Lipinski definition) is 1. The molecule has 0 radical (unpaired) electrons. The Balaban J connectivity index is 1.43. The predicted octanol–water partition coefficient (Wildman–Crippen LogP) is 4.17. The molecule has 0 saturated heterocycles. The average Bonchev–Trinajstić information content (AvgIpc) is 2.82. The van der Waals surface area contributed by atoms with Crippen LogP contribution in [0.5, 0.6) is 0 Å². The van der Waals surface area contributed by atoms with Crippen molar-refractivity contribution in [1.29, 1.82) is 0 Å². The smallest absolute Gasteiger partial charge is 0.226 e. The third-order valence-electron chi connectivity index (χ3n) is 8.29. The van der Waals surface area contributed by atoms with E-state index < -0.39 is 22.1 Å². The Bertz CT molecular complexity index is 760. The van der Waals surface area contributed by atoms with Crippen LogP contribution in [0.4, 0.5) is 4.39 Å². The lowest BCUT2D eigenvalue weighted by atomic mass is 9.82. The maximum absolute atomic E-state index is 15.0. The first-order chi connectivity index (χ1) is 15.7. The summed E-state index contributed by atoms with van der Waals surface area (Å²) in [6.07, 6.45) is 8.77. The van der Waals surface area contributed by atoms with Gasteiger partial charge in [-0.25, -0.2) is 12.8 Å². The summed E-state index contributed by atoms with van der Waals surface area (Å²) in [6.45, 7) is 4.37. The maximum atomic E-state index is 15.0. The third kappa shape index (κ3) is 6.92. The highest BCUT2D eigenvalue weighted by molar-refractivity contribution is 7.92. The molecular weight excluding hydrogens is 443 g/mol. The van der Waals surface area contributed by atoms with E-state index in [1.54, 1.807) is 6.92 Å². The predicted molar refractivity (Wildman–Crippen MR) is 128 cm³/mol. The molecule has 3 aliphatic rings. The van der Waals surface area contributed by atoms with Gasteiger partial charge in [-0.3, -0.25) is 9.59 Å². The number of carbonyl (C=O) groups is 2. The highest BCUT2D eigenvalue weighted by atomic mass is 32.2. The Morgan fingerprint density at radius 1 is 0.939 bits per heavy atom. The molecule has 0 aromatic carbocycles. The lowest BCUT2D eigenvalue weighted by Gasteiger charge is -2.38. The van der Waals surface area contributed by atoms with Gasteiger partial charge in [-0.1, -0.05) is 26.2 Å². The van der Waals surface area contributed by atoms with Crippen LogP contribution in [-0.2, 0) is 19.4 Å². The average molecular weight is 487 g/mol. The summed E-state index contributed by atoms with van der Waals surface area (Å²) in [4.78, 5) is 27.7. The summed E-state index contributed by atoms with van der Waals surface area (Å²) >= 11 is 0. The number of carbonyl (C=O) groups excluding carboxylic acids is 2. The van der Waals surface area contributed by atoms with E-state index in [0.29, 0.717) is 44.7 Å². The highest BCUT2D eigenvalue weighted by Crippen LogP contribution is 2.33. The molecule has 3 saturated carbocycles. The first kappa shape index (κ1) is 26.4. The van der Waals surface area contributed by atoms with Gasteiger partial charge >= 0.3 is 0 Å². The van der Waals surface area contributed by atoms with Crippen molar-refractivity contribution in [3.8, 4) is 0 Å². The molecule has 190 valence electrons. The number of nitrogens with zero attached hydrogens (tertiary/aromatic N) is 1. The fourth-order valence-corrected chi connectivity index (χ4v) is 7.64. The molecule has 0 spiro atoms. The minimum atomic E-state index is -3.01. The van der Waals surface area contributed by atoms with Crippen molar-refractivity contribution in [3.05, 3.63) is 0 Å². The Kier molecular flexibility index (Phi) is 9.60. The number of nitrogens with one attached hydrogen (secondary N) is 1. The van der Waals surface area contributed by atoms with Crippen molar-refractivity contribution < 1.29 is 22.4 Å². The van der Waals surface area contributed by atoms with Crippen molar-refractivity contribution in [1.82, 2.24) is 10.2 Å². The molecule has 1 N–H and O–H groups in total. The monoisotopic (exact) mass is 486 g/mol. The van der Waals surface area contributed by atoms with Crippen molar-refractivity contribution in [2.45, 2.75) is 121 Å². The van der Waals surface area contributed by atoms with E-state index in [0.717, 1.165) is 38.5 Å². The first-order valence-electron chi connectivity index (χ1n) is 13.2. The summed E-state index contributed by atoms with van der Waals surface area (Å²) in [5, 5.41) is 2.60. The SMILES string of the molecule is CCN(C(=O)C1CCC(NC(=O)CC2CCC(S(=O)(=O)CC)CC2)C(F)C1)C1CCCCC1. The lowest BCUT2D eigenvalue weighted by molar-refractivity contribution is -0.140. The van der Waals surface area contributed by atoms with Crippen LogP contribution >= 0.6 is 0 Å². The van der Waals surface area contributed by atoms with Crippen LogP contribution in [0, 0.1) is 11.8 Å². The Labute approximate surface area is 199 Å². The normalized spacial score (nSPS) is 31.7. The van der Waals surface area contributed by atoms with Crippen LogP contribution in [-0.4, -0.2) is 60.9 Å². The molecule has 33 heavy (non-hydrogen) atoms.